The number of hydrogen-bond donors (Lipinski definition) is 1. The number of anilines is 2. The van der Waals surface area contributed by atoms with Crippen LogP contribution in [0.4, 0.5) is 11.4 Å². The van der Waals surface area contributed by atoms with Gasteiger partial charge in [-0.2, -0.15) is 0 Å². The van der Waals surface area contributed by atoms with Gasteiger partial charge in [0.2, 0.25) is 10.0 Å². The summed E-state index contributed by atoms with van der Waals surface area (Å²) in [5.74, 6) is 0. The van der Waals surface area contributed by atoms with Gasteiger partial charge >= 0.3 is 0 Å². The highest BCUT2D eigenvalue weighted by Gasteiger charge is 2.21. The Labute approximate surface area is 143 Å². The number of benzene rings is 2. The predicted molar refractivity (Wildman–Crippen MR) is 96.4 cm³/mol. The molecular formula is C16H20N2O4S2. The van der Waals surface area contributed by atoms with E-state index in [1.807, 2.05) is 26.0 Å². The first-order chi connectivity index (χ1) is 11.0. The zero-order valence-electron chi connectivity index (χ0n) is 13.9. The number of rotatable bonds is 5. The number of nitrogens with zero attached hydrogens (tertiary/aromatic N) is 1. The van der Waals surface area contributed by atoms with Crippen LogP contribution in [0, 0.1) is 13.8 Å². The minimum absolute atomic E-state index is 0.0854. The van der Waals surface area contributed by atoms with E-state index in [-0.39, 0.29) is 4.90 Å². The molecule has 1 N–H and O–H groups in total. The molecule has 2 aromatic rings. The number of aryl methyl sites for hydroxylation is 2. The maximum atomic E-state index is 12.7. The Hall–Kier alpha value is -2.06. The summed E-state index contributed by atoms with van der Waals surface area (Å²) in [6.07, 6.45) is 1.03. The molecule has 0 radical (unpaired) electrons. The van der Waals surface area contributed by atoms with E-state index in [4.69, 9.17) is 0 Å². The standard InChI is InChI=1S/C16H20N2O4S2/c1-12-5-8-15(11-13(12)2)18(3)24(21,22)16-9-6-14(7-10-16)17-23(4,19)20/h5-11,17H,1-4H3. The topological polar surface area (TPSA) is 83.6 Å². The van der Waals surface area contributed by atoms with E-state index < -0.39 is 20.0 Å². The summed E-state index contributed by atoms with van der Waals surface area (Å²) in [7, 11) is -5.64. The summed E-state index contributed by atoms with van der Waals surface area (Å²) in [4.78, 5) is 0.0854. The number of sulfonamides is 2. The van der Waals surface area contributed by atoms with E-state index in [0.717, 1.165) is 17.4 Å². The first-order valence-corrected chi connectivity index (χ1v) is 10.5. The fourth-order valence-corrected chi connectivity index (χ4v) is 3.88. The molecule has 0 unspecified atom stereocenters. The average molecular weight is 368 g/mol. The van der Waals surface area contributed by atoms with Crippen LogP contribution in [0.15, 0.2) is 47.4 Å². The van der Waals surface area contributed by atoms with Gasteiger partial charge in [0.15, 0.2) is 0 Å². The van der Waals surface area contributed by atoms with Crippen LogP contribution in [0.3, 0.4) is 0 Å². The maximum absolute atomic E-state index is 12.7. The molecule has 130 valence electrons. The summed E-state index contributed by atoms with van der Waals surface area (Å²) in [5.41, 5.74) is 2.96. The Morgan fingerprint density at radius 2 is 1.46 bits per heavy atom. The van der Waals surface area contributed by atoms with Crippen LogP contribution in [0.5, 0.6) is 0 Å². The molecule has 0 aliphatic rings. The molecule has 0 aliphatic heterocycles. The van der Waals surface area contributed by atoms with Gasteiger partial charge in [-0.15, -0.1) is 0 Å². The van der Waals surface area contributed by atoms with Gasteiger partial charge < -0.3 is 0 Å². The van der Waals surface area contributed by atoms with Crippen LogP contribution in [0.25, 0.3) is 0 Å². The molecule has 6 nitrogen and oxygen atoms in total. The molecule has 2 rings (SSSR count). The van der Waals surface area contributed by atoms with Crippen molar-refractivity contribution in [2.75, 3.05) is 22.3 Å². The third kappa shape index (κ3) is 4.07. The molecule has 0 spiro atoms. The van der Waals surface area contributed by atoms with Crippen LogP contribution in [0.2, 0.25) is 0 Å². The first kappa shape index (κ1) is 18.3. The predicted octanol–water partition coefficient (Wildman–Crippen LogP) is 2.50. The molecule has 0 aliphatic carbocycles. The third-order valence-corrected chi connectivity index (χ3v) is 6.08. The van der Waals surface area contributed by atoms with Crippen molar-refractivity contribution in [1.82, 2.24) is 0 Å². The monoisotopic (exact) mass is 368 g/mol. The van der Waals surface area contributed by atoms with E-state index in [0.29, 0.717) is 11.4 Å². The Kier molecular flexibility index (Phi) is 4.91. The van der Waals surface area contributed by atoms with Gasteiger partial charge in [-0.1, -0.05) is 6.07 Å². The minimum atomic E-state index is -3.73. The van der Waals surface area contributed by atoms with E-state index >= 15 is 0 Å². The Bertz CT molecular complexity index is 950. The molecule has 0 amide bonds. The second kappa shape index (κ2) is 6.45. The molecule has 0 saturated carbocycles. The van der Waals surface area contributed by atoms with Crippen molar-refractivity contribution >= 4 is 31.4 Å². The summed E-state index contributed by atoms with van der Waals surface area (Å²) < 4.78 is 51.3. The molecular weight excluding hydrogens is 348 g/mol. The molecule has 0 bridgehead atoms. The smallest absolute Gasteiger partial charge is 0.264 e. The van der Waals surface area contributed by atoms with Gasteiger partial charge in [0, 0.05) is 12.7 Å². The quantitative estimate of drug-likeness (QED) is 0.879. The van der Waals surface area contributed by atoms with Gasteiger partial charge in [-0.05, 0) is 61.4 Å². The highest BCUT2D eigenvalue weighted by Crippen LogP contribution is 2.25. The highest BCUT2D eigenvalue weighted by atomic mass is 32.2. The average Bonchev–Trinajstić information content (AvgIpc) is 2.48. The molecule has 0 saturated heterocycles. The Balaban J connectivity index is 2.33. The molecule has 24 heavy (non-hydrogen) atoms. The van der Waals surface area contributed by atoms with E-state index in [2.05, 4.69) is 4.72 Å². The summed E-state index contributed by atoms with van der Waals surface area (Å²) in [6, 6.07) is 11.0. The van der Waals surface area contributed by atoms with Crippen LogP contribution in [0.1, 0.15) is 11.1 Å². The second-order valence-electron chi connectivity index (χ2n) is 5.64. The zero-order chi connectivity index (χ0) is 18.1. The van der Waals surface area contributed by atoms with Gasteiger partial charge in [0.1, 0.15) is 0 Å². The molecule has 8 heteroatoms. The summed E-state index contributed by atoms with van der Waals surface area (Å²) in [6.45, 7) is 3.88. The zero-order valence-corrected chi connectivity index (χ0v) is 15.6. The summed E-state index contributed by atoms with van der Waals surface area (Å²) >= 11 is 0. The second-order valence-corrected chi connectivity index (χ2v) is 9.36. The third-order valence-electron chi connectivity index (χ3n) is 3.67. The van der Waals surface area contributed by atoms with Gasteiger partial charge in [-0.25, -0.2) is 16.8 Å². The Morgan fingerprint density at radius 3 is 1.96 bits per heavy atom. The van der Waals surface area contributed by atoms with Crippen molar-refractivity contribution < 1.29 is 16.8 Å². The lowest BCUT2D eigenvalue weighted by Crippen LogP contribution is -2.26. The van der Waals surface area contributed by atoms with Crippen LogP contribution >= 0.6 is 0 Å². The fraction of sp³-hybridized carbons (Fsp3) is 0.250. The maximum Gasteiger partial charge on any atom is 0.264 e. The van der Waals surface area contributed by atoms with Crippen LogP contribution in [-0.4, -0.2) is 30.1 Å². The lowest BCUT2D eigenvalue weighted by atomic mass is 10.1. The van der Waals surface area contributed by atoms with E-state index in [1.165, 1.54) is 35.6 Å². The van der Waals surface area contributed by atoms with Gasteiger partial charge in [-0.3, -0.25) is 9.03 Å². The largest absolute Gasteiger partial charge is 0.284 e. The van der Waals surface area contributed by atoms with E-state index in [1.54, 1.807) is 6.07 Å². The minimum Gasteiger partial charge on any atom is -0.284 e. The number of hydrogen-bond acceptors (Lipinski definition) is 4. The van der Waals surface area contributed by atoms with Crippen molar-refractivity contribution in [3.8, 4) is 0 Å². The van der Waals surface area contributed by atoms with Crippen molar-refractivity contribution in [2.24, 2.45) is 0 Å². The lowest BCUT2D eigenvalue weighted by molar-refractivity contribution is 0.594. The molecule has 2 aromatic carbocycles. The molecule has 0 aromatic heterocycles. The van der Waals surface area contributed by atoms with E-state index in [9.17, 15) is 16.8 Å². The molecule has 0 fully saturated rings. The lowest BCUT2D eigenvalue weighted by Gasteiger charge is -2.20. The molecule has 0 heterocycles. The highest BCUT2D eigenvalue weighted by molar-refractivity contribution is 7.93. The number of nitrogens with one attached hydrogen (secondary N) is 1. The Morgan fingerprint density at radius 1 is 0.875 bits per heavy atom. The van der Waals surface area contributed by atoms with Gasteiger partial charge in [0.05, 0.1) is 16.8 Å². The molecule has 0 atom stereocenters. The van der Waals surface area contributed by atoms with Crippen LogP contribution < -0.4 is 9.03 Å². The SMILES string of the molecule is Cc1ccc(N(C)S(=O)(=O)c2ccc(NS(C)(=O)=O)cc2)cc1C. The van der Waals surface area contributed by atoms with Crippen molar-refractivity contribution in [2.45, 2.75) is 18.7 Å². The van der Waals surface area contributed by atoms with Crippen molar-refractivity contribution in [3.63, 3.8) is 0 Å². The normalized spacial score (nSPS) is 12.0. The first-order valence-electron chi connectivity index (χ1n) is 7.15. The fourth-order valence-electron chi connectivity index (χ4n) is 2.13. The van der Waals surface area contributed by atoms with Gasteiger partial charge in [0.25, 0.3) is 10.0 Å². The summed E-state index contributed by atoms with van der Waals surface area (Å²) in [5, 5.41) is 0. The van der Waals surface area contributed by atoms with Crippen molar-refractivity contribution in [1.29, 1.82) is 0 Å². The van der Waals surface area contributed by atoms with Crippen molar-refractivity contribution in [3.05, 3.63) is 53.6 Å². The van der Waals surface area contributed by atoms with Crippen LogP contribution in [-0.2, 0) is 20.0 Å².